The number of amides is 1. The number of thiazole rings is 1. The first-order valence-electron chi connectivity index (χ1n) is 6.96. The second-order valence-corrected chi connectivity index (χ2v) is 5.60. The highest BCUT2D eigenvalue weighted by atomic mass is 32.1. The molecule has 1 aromatic heterocycles. The quantitative estimate of drug-likeness (QED) is 0.797. The molecule has 0 radical (unpaired) electrons. The van der Waals surface area contributed by atoms with Crippen LogP contribution in [-0.4, -0.2) is 30.0 Å². The van der Waals surface area contributed by atoms with E-state index in [1.165, 1.54) is 0 Å². The maximum Gasteiger partial charge on any atom is 0.307 e. The van der Waals surface area contributed by atoms with Crippen molar-refractivity contribution in [3.05, 3.63) is 29.3 Å². The summed E-state index contributed by atoms with van der Waals surface area (Å²) in [5.74, 6) is -0.359. The molecule has 0 saturated carbocycles. The second kappa shape index (κ2) is 7.73. The summed E-state index contributed by atoms with van der Waals surface area (Å²) >= 11 is 1.61. The highest BCUT2D eigenvalue weighted by molar-refractivity contribution is 7.18. The summed E-state index contributed by atoms with van der Waals surface area (Å²) in [4.78, 5) is 27.3. The number of hydrogen-bond donors (Lipinski definition) is 1. The van der Waals surface area contributed by atoms with Gasteiger partial charge in [0.1, 0.15) is 0 Å². The molecule has 0 aliphatic rings. The summed E-state index contributed by atoms with van der Waals surface area (Å²) in [6, 6.07) is 7.92. The van der Waals surface area contributed by atoms with Crippen molar-refractivity contribution < 1.29 is 14.3 Å². The molecule has 0 atom stereocenters. The van der Waals surface area contributed by atoms with E-state index in [-0.39, 0.29) is 18.3 Å². The Balaban J connectivity index is 1.72. The molecule has 0 spiro atoms. The van der Waals surface area contributed by atoms with Gasteiger partial charge in [-0.05, 0) is 19.1 Å². The first-order valence-corrected chi connectivity index (χ1v) is 7.77. The fraction of sp³-hybridized carbons (Fsp3) is 0.400. The van der Waals surface area contributed by atoms with Crippen molar-refractivity contribution >= 4 is 33.4 Å². The van der Waals surface area contributed by atoms with Gasteiger partial charge in [-0.25, -0.2) is 4.98 Å². The van der Waals surface area contributed by atoms with Crippen LogP contribution in [0.5, 0.6) is 0 Å². The number of carbonyl (C=O) groups excluding carboxylic acids is 2. The van der Waals surface area contributed by atoms with Crippen molar-refractivity contribution in [2.75, 3.05) is 13.2 Å². The van der Waals surface area contributed by atoms with E-state index < -0.39 is 0 Å². The molecule has 21 heavy (non-hydrogen) atoms. The van der Waals surface area contributed by atoms with Crippen LogP contribution >= 0.6 is 11.3 Å². The topological polar surface area (TPSA) is 68.3 Å². The zero-order chi connectivity index (χ0) is 15.1. The molecular weight excluding hydrogens is 288 g/mol. The SMILES string of the molecule is CCOC(=O)CCNC(=O)CCc1nc2ccccc2s1. The Hall–Kier alpha value is -1.95. The van der Waals surface area contributed by atoms with Crippen LogP contribution in [0.1, 0.15) is 24.8 Å². The number of esters is 1. The lowest BCUT2D eigenvalue weighted by molar-refractivity contribution is -0.143. The largest absolute Gasteiger partial charge is 0.466 e. The Morgan fingerprint density at radius 1 is 1.29 bits per heavy atom. The minimum absolute atomic E-state index is 0.0708. The first kappa shape index (κ1) is 15.4. The third-order valence-electron chi connectivity index (χ3n) is 2.86. The number of rotatable bonds is 7. The number of nitrogens with one attached hydrogen (secondary N) is 1. The molecule has 2 rings (SSSR count). The molecule has 0 unspecified atom stereocenters. The predicted octanol–water partition coefficient (Wildman–Crippen LogP) is 2.30. The van der Waals surface area contributed by atoms with Gasteiger partial charge in [0.15, 0.2) is 0 Å². The molecule has 0 aliphatic carbocycles. The van der Waals surface area contributed by atoms with Gasteiger partial charge in [0.25, 0.3) is 0 Å². The van der Waals surface area contributed by atoms with Crippen LogP contribution in [-0.2, 0) is 20.7 Å². The molecule has 112 valence electrons. The number of benzene rings is 1. The molecule has 5 nitrogen and oxygen atoms in total. The van der Waals surface area contributed by atoms with E-state index in [1.54, 1.807) is 18.3 Å². The van der Waals surface area contributed by atoms with Crippen LogP contribution in [0.3, 0.4) is 0 Å². The monoisotopic (exact) mass is 306 g/mol. The van der Waals surface area contributed by atoms with Crippen molar-refractivity contribution in [1.82, 2.24) is 10.3 Å². The van der Waals surface area contributed by atoms with Crippen LogP contribution in [0.25, 0.3) is 10.2 Å². The smallest absolute Gasteiger partial charge is 0.307 e. The average molecular weight is 306 g/mol. The van der Waals surface area contributed by atoms with Crippen LogP contribution in [0.2, 0.25) is 0 Å². The van der Waals surface area contributed by atoms with Crippen molar-refractivity contribution in [3.63, 3.8) is 0 Å². The van der Waals surface area contributed by atoms with Gasteiger partial charge in [0, 0.05) is 19.4 Å². The normalized spacial score (nSPS) is 10.5. The molecule has 6 heteroatoms. The molecule has 0 aliphatic heterocycles. The maximum absolute atomic E-state index is 11.7. The molecule has 0 saturated heterocycles. The molecule has 0 bridgehead atoms. The highest BCUT2D eigenvalue weighted by Crippen LogP contribution is 2.22. The van der Waals surface area contributed by atoms with E-state index in [9.17, 15) is 9.59 Å². The zero-order valence-corrected chi connectivity index (χ0v) is 12.7. The minimum Gasteiger partial charge on any atom is -0.466 e. The number of para-hydroxylation sites is 1. The number of aromatic nitrogens is 1. The lowest BCUT2D eigenvalue weighted by Crippen LogP contribution is -2.26. The highest BCUT2D eigenvalue weighted by Gasteiger charge is 2.07. The van der Waals surface area contributed by atoms with Crippen LogP contribution < -0.4 is 5.32 Å². The molecule has 1 heterocycles. The summed E-state index contributed by atoms with van der Waals surface area (Å²) in [5.41, 5.74) is 0.972. The van der Waals surface area contributed by atoms with Crippen molar-refractivity contribution in [2.45, 2.75) is 26.2 Å². The predicted molar refractivity (Wildman–Crippen MR) is 82.2 cm³/mol. The second-order valence-electron chi connectivity index (χ2n) is 4.48. The number of nitrogens with zero attached hydrogens (tertiary/aromatic N) is 1. The molecule has 1 aromatic carbocycles. The first-order chi connectivity index (χ1) is 10.2. The minimum atomic E-state index is -0.288. The summed E-state index contributed by atoms with van der Waals surface area (Å²) < 4.78 is 5.92. The van der Waals surface area contributed by atoms with Gasteiger partial charge in [-0.15, -0.1) is 11.3 Å². The molecule has 1 amide bonds. The summed E-state index contributed by atoms with van der Waals surface area (Å²) in [5, 5.41) is 3.67. The Labute approximate surface area is 127 Å². The van der Waals surface area contributed by atoms with E-state index in [2.05, 4.69) is 10.3 Å². The third kappa shape index (κ3) is 4.82. The molecule has 2 aromatic rings. The van der Waals surface area contributed by atoms with Gasteiger partial charge in [-0.2, -0.15) is 0 Å². The van der Waals surface area contributed by atoms with Gasteiger partial charge in [0.05, 0.1) is 28.3 Å². The Bertz CT molecular complexity index is 591. The Morgan fingerprint density at radius 3 is 2.86 bits per heavy atom. The lowest BCUT2D eigenvalue weighted by atomic mass is 10.3. The van der Waals surface area contributed by atoms with Crippen LogP contribution in [0, 0.1) is 0 Å². The van der Waals surface area contributed by atoms with E-state index >= 15 is 0 Å². The summed E-state index contributed by atoms with van der Waals surface area (Å²) in [7, 11) is 0. The van der Waals surface area contributed by atoms with Gasteiger partial charge in [-0.1, -0.05) is 12.1 Å². The van der Waals surface area contributed by atoms with Crippen molar-refractivity contribution in [3.8, 4) is 0 Å². The standard InChI is InChI=1S/C15H18N2O3S/c1-2-20-15(19)9-10-16-13(18)7-8-14-17-11-5-3-4-6-12(11)21-14/h3-6H,2,7-10H2,1H3,(H,16,18). The molecule has 1 N–H and O–H groups in total. The van der Waals surface area contributed by atoms with Crippen LogP contribution in [0.15, 0.2) is 24.3 Å². The fourth-order valence-electron chi connectivity index (χ4n) is 1.87. The number of ether oxygens (including phenoxy) is 1. The van der Waals surface area contributed by atoms with Gasteiger partial charge in [0.2, 0.25) is 5.91 Å². The number of aryl methyl sites for hydroxylation is 1. The Morgan fingerprint density at radius 2 is 2.10 bits per heavy atom. The van der Waals surface area contributed by atoms with Crippen molar-refractivity contribution in [2.24, 2.45) is 0 Å². The average Bonchev–Trinajstić information content (AvgIpc) is 2.88. The van der Waals surface area contributed by atoms with E-state index in [4.69, 9.17) is 4.74 Å². The molecule has 0 fully saturated rings. The Kier molecular flexibility index (Phi) is 5.68. The van der Waals surface area contributed by atoms with Gasteiger partial charge >= 0.3 is 5.97 Å². The summed E-state index contributed by atoms with van der Waals surface area (Å²) in [6.07, 6.45) is 1.20. The lowest BCUT2D eigenvalue weighted by Gasteiger charge is -2.04. The van der Waals surface area contributed by atoms with E-state index in [1.807, 2.05) is 24.3 Å². The number of carbonyl (C=O) groups is 2. The van der Waals surface area contributed by atoms with E-state index in [0.29, 0.717) is 26.0 Å². The number of fused-ring (bicyclic) bond motifs is 1. The maximum atomic E-state index is 11.7. The zero-order valence-electron chi connectivity index (χ0n) is 11.9. The van der Waals surface area contributed by atoms with Crippen molar-refractivity contribution in [1.29, 1.82) is 0 Å². The van der Waals surface area contributed by atoms with Crippen LogP contribution in [0.4, 0.5) is 0 Å². The third-order valence-corrected chi connectivity index (χ3v) is 3.96. The fourth-order valence-corrected chi connectivity index (χ4v) is 2.84. The number of hydrogen-bond acceptors (Lipinski definition) is 5. The van der Waals surface area contributed by atoms with Gasteiger partial charge < -0.3 is 10.1 Å². The molecular formula is C15H18N2O3S. The summed E-state index contributed by atoms with van der Waals surface area (Å²) in [6.45, 7) is 2.44. The van der Waals surface area contributed by atoms with E-state index in [0.717, 1.165) is 15.2 Å². The van der Waals surface area contributed by atoms with Gasteiger partial charge in [-0.3, -0.25) is 9.59 Å².